The zero-order valence-electron chi connectivity index (χ0n) is 11.8. The highest BCUT2D eigenvalue weighted by atomic mass is 32.2. The van der Waals surface area contributed by atoms with Crippen LogP contribution in [0.3, 0.4) is 0 Å². The number of sulfonamides is 1. The van der Waals surface area contributed by atoms with Gasteiger partial charge in [-0.15, -0.1) is 0 Å². The summed E-state index contributed by atoms with van der Waals surface area (Å²) in [4.78, 5) is 11.2. The average molecular weight is 321 g/mol. The van der Waals surface area contributed by atoms with Crippen molar-refractivity contribution in [1.82, 2.24) is 4.31 Å². The van der Waals surface area contributed by atoms with Crippen LogP contribution in [0.25, 0.3) is 0 Å². The number of phenolic OH excluding ortho intramolecular Hbond substituents is 1. The highest BCUT2D eigenvalue weighted by molar-refractivity contribution is 7.89. The van der Waals surface area contributed by atoms with Crippen molar-refractivity contribution in [2.45, 2.75) is 18.4 Å². The molecule has 22 heavy (non-hydrogen) atoms. The molecule has 6 nitrogen and oxygen atoms in total. The van der Waals surface area contributed by atoms with Crippen molar-refractivity contribution in [2.75, 3.05) is 0 Å². The lowest BCUT2D eigenvalue weighted by Gasteiger charge is -2.20. The van der Waals surface area contributed by atoms with Crippen LogP contribution >= 0.6 is 0 Å². The molecule has 0 aliphatic rings. The molecule has 0 fully saturated rings. The molecule has 7 heteroatoms. The van der Waals surface area contributed by atoms with Gasteiger partial charge in [0.2, 0.25) is 0 Å². The second-order valence-electron chi connectivity index (χ2n) is 4.73. The molecule has 0 heterocycles. The second kappa shape index (κ2) is 6.07. The van der Waals surface area contributed by atoms with Crippen molar-refractivity contribution < 1.29 is 23.4 Å². The molecule has 0 saturated heterocycles. The molecule has 2 aromatic rings. The number of benzene rings is 2. The number of hydrogen-bond acceptors (Lipinski definition) is 4. The zero-order chi connectivity index (χ0) is 16.3. The van der Waals surface area contributed by atoms with Crippen LogP contribution in [0, 0.1) is 6.92 Å². The molecule has 116 valence electrons. The Kier molecular flexibility index (Phi) is 4.37. The van der Waals surface area contributed by atoms with E-state index >= 15 is 0 Å². The smallest absolute Gasteiger partial charge is 0.421 e. The quantitative estimate of drug-likeness (QED) is 0.902. The number of nitrogens with zero attached hydrogens (tertiary/aromatic N) is 1. The van der Waals surface area contributed by atoms with Gasteiger partial charge in [0.05, 0.1) is 11.4 Å². The van der Waals surface area contributed by atoms with Crippen LogP contribution in [0.1, 0.15) is 11.1 Å². The first-order valence-electron chi connectivity index (χ1n) is 6.41. The van der Waals surface area contributed by atoms with Crippen LogP contribution in [0.2, 0.25) is 0 Å². The molecule has 0 saturated carbocycles. The van der Waals surface area contributed by atoms with Crippen LogP contribution in [0.4, 0.5) is 4.79 Å². The number of aromatic hydroxyl groups is 1. The van der Waals surface area contributed by atoms with Crippen molar-refractivity contribution in [3.8, 4) is 5.75 Å². The molecule has 0 unspecified atom stereocenters. The van der Waals surface area contributed by atoms with E-state index in [-0.39, 0.29) is 17.2 Å². The molecule has 2 aromatic carbocycles. The minimum atomic E-state index is -4.28. The fourth-order valence-corrected chi connectivity index (χ4v) is 3.50. The van der Waals surface area contributed by atoms with E-state index in [9.17, 15) is 23.4 Å². The van der Waals surface area contributed by atoms with Crippen molar-refractivity contribution in [1.29, 1.82) is 0 Å². The lowest BCUT2D eigenvalue weighted by molar-refractivity contribution is 0.170. The van der Waals surface area contributed by atoms with Gasteiger partial charge in [-0.1, -0.05) is 36.4 Å². The number of aryl methyl sites for hydroxylation is 1. The van der Waals surface area contributed by atoms with E-state index in [1.54, 1.807) is 30.3 Å². The molecule has 0 atom stereocenters. The SMILES string of the molecule is Cc1ccc(O)cc1S(=O)(=O)N(Cc1ccccc1)C(=O)O. The first-order chi connectivity index (χ1) is 10.3. The first-order valence-corrected chi connectivity index (χ1v) is 7.85. The monoisotopic (exact) mass is 321 g/mol. The number of phenols is 1. The topological polar surface area (TPSA) is 94.9 Å². The summed E-state index contributed by atoms with van der Waals surface area (Å²) in [6.07, 6.45) is -1.58. The average Bonchev–Trinajstić information content (AvgIpc) is 2.47. The Hall–Kier alpha value is -2.54. The molecule has 0 aliphatic carbocycles. The van der Waals surface area contributed by atoms with Gasteiger partial charge in [0.15, 0.2) is 0 Å². The van der Waals surface area contributed by atoms with Crippen LogP contribution in [0.15, 0.2) is 53.4 Å². The van der Waals surface area contributed by atoms with Gasteiger partial charge in [-0.05, 0) is 24.1 Å². The second-order valence-corrected chi connectivity index (χ2v) is 6.56. The molecule has 2 rings (SSSR count). The van der Waals surface area contributed by atoms with Gasteiger partial charge in [-0.2, -0.15) is 4.31 Å². The zero-order valence-corrected chi connectivity index (χ0v) is 12.6. The minimum Gasteiger partial charge on any atom is -0.508 e. The summed E-state index contributed by atoms with van der Waals surface area (Å²) >= 11 is 0. The number of carbonyl (C=O) groups is 1. The van der Waals surface area contributed by atoms with E-state index in [1.807, 2.05) is 0 Å². The molecule has 0 bridgehead atoms. The fourth-order valence-electron chi connectivity index (χ4n) is 1.99. The molecular formula is C15H15NO5S. The van der Waals surface area contributed by atoms with Gasteiger partial charge >= 0.3 is 6.09 Å². The van der Waals surface area contributed by atoms with E-state index in [4.69, 9.17) is 0 Å². The summed E-state index contributed by atoms with van der Waals surface area (Å²) < 4.78 is 25.5. The van der Waals surface area contributed by atoms with E-state index < -0.39 is 16.1 Å². The van der Waals surface area contributed by atoms with Gasteiger partial charge in [-0.25, -0.2) is 13.2 Å². The third-order valence-electron chi connectivity index (χ3n) is 3.12. The Morgan fingerprint density at radius 2 is 1.77 bits per heavy atom. The Morgan fingerprint density at radius 3 is 2.36 bits per heavy atom. The Labute approximate surface area is 128 Å². The predicted octanol–water partition coefficient (Wildman–Crippen LogP) is 2.57. The van der Waals surface area contributed by atoms with Crippen LogP contribution in [-0.2, 0) is 16.6 Å². The van der Waals surface area contributed by atoms with Crippen molar-refractivity contribution >= 4 is 16.1 Å². The summed E-state index contributed by atoms with van der Waals surface area (Å²) in [5.74, 6) is -0.241. The Bertz CT molecular complexity index is 787. The van der Waals surface area contributed by atoms with Crippen LogP contribution in [0.5, 0.6) is 5.75 Å². The van der Waals surface area contributed by atoms with Crippen molar-refractivity contribution in [3.63, 3.8) is 0 Å². The third kappa shape index (κ3) is 3.20. The lowest BCUT2D eigenvalue weighted by Crippen LogP contribution is -2.35. The molecular weight excluding hydrogens is 306 g/mol. The van der Waals surface area contributed by atoms with E-state index in [0.717, 1.165) is 6.07 Å². The van der Waals surface area contributed by atoms with Gasteiger partial charge < -0.3 is 10.2 Å². The fraction of sp³-hybridized carbons (Fsp3) is 0.133. The maximum Gasteiger partial charge on any atom is 0.421 e. The highest BCUT2D eigenvalue weighted by Gasteiger charge is 2.30. The first kappa shape index (κ1) is 15.8. The van der Waals surface area contributed by atoms with Crippen LogP contribution < -0.4 is 0 Å². The molecule has 2 N–H and O–H groups in total. The summed E-state index contributed by atoms with van der Waals surface area (Å²) in [5.41, 5.74) is 0.906. The highest BCUT2D eigenvalue weighted by Crippen LogP contribution is 2.25. The predicted molar refractivity (Wildman–Crippen MR) is 80.0 cm³/mol. The molecule has 1 amide bonds. The largest absolute Gasteiger partial charge is 0.508 e. The van der Waals surface area contributed by atoms with Gasteiger partial charge in [-0.3, -0.25) is 0 Å². The molecule has 0 radical (unpaired) electrons. The minimum absolute atomic E-state index is 0.231. The summed E-state index contributed by atoms with van der Waals surface area (Å²) in [7, 11) is -4.28. The summed E-state index contributed by atoms with van der Waals surface area (Å²) in [6, 6.07) is 12.2. The number of carboxylic acid groups (broad SMARTS) is 1. The van der Waals surface area contributed by atoms with E-state index in [0.29, 0.717) is 15.4 Å². The van der Waals surface area contributed by atoms with Crippen molar-refractivity contribution in [3.05, 3.63) is 59.7 Å². The molecule has 0 aliphatic heterocycles. The third-order valence-corrected chi connectivity index (χ3v) is 4.98. The lowest BCUT2D eigenvalue weighted by atomic mass is 10.2. The summed E-state index contributed by atoms with van der Waals surface area (Å²) in [6.45, 7) is 1.24. The Balaban J connectivity index is 2.47. The number of rotatable bonds is 4. The van der Waals surface area contributed by atoms with Crippen molar-refractivity contribution in [2.24, 2.45) is 0 Å². The maximum absolute atomic E-state index is 12.6. The maximum atomic E-state index is 12.6. The Morgan fingerprint density at radius 1 is 1.14 bits per heavy atom. The standard InChI is InChI=1S/C15H15NO5S/c1-11-7-8-13(17)9-14(11)22(20,21)16(15(18)19)10-12-5-3-2-4-6-12/h2-9,17H,10H2,1H3,(H,18,19). The van der Waals surface area contributed by atoms with Gasteiger partial charge in [0.1, 0.15) is 5.75 Å². The van der Waals surface area contributed by atoms with Crippen LogP contribution in [-0.4, -0.2) is 29.0 Å². The van der Waals surface area contributed by atoms with E-state index in [1.165, 1.54) is 19.1 Å². The normalized spacial score (nSPS) is 11.1. The molecule has 0 aromatic heterocycles. The van der Waals surface area contributed by atoms with Gasteiger partial charge in [0, 0.05) is 6.07 Å². The number of amides is 1. The molecule has 0 spiro atoms. The van der Waals surface area contributed by atoms with Gasteiger partial charge in [0.25, 0.3) is 10.0 Å². The van der Waals surface area contributed by atoms with E-state index in [2.05, 4.69) is 0 Å². The number of hydrogen-bond donors (Lipinski definition) is 2. The summed E-state index contributed by atoms with van der Waals surface area (Å²) in [5, 5.41) is 18.8.